The highest BCUT2D eigenvalue weighted by atomic mass is 16.5. The number of benzene rings is 1. The van der Waals surface area contributed by atoms with Crippen molar-refractivity contribution in [1.82, 2.24) is 9.97 Å². The Kier molecular flexibility index (Phi) is 3.60. The van der Waals surface area contributed by atoms with Gasteiger partial charge in [-0.2, -0.15) is 0 Å². The first kappa shape index (κ1) is 12.4. The van der Waals surface area contributed by atoms with E-state index in [1.54, 1.807) is 0 Å². The minimum atomic E-state index is 0.402. The minimum absolute atomic E-state index is 0.402. The minimum Gasteiger partial charge on any atom is -0.381 e. The van der Waals surface area contributed by atoms with E-state index in [0.717, 1.165) is 42.9 Å². The van der Waals surface area contributed by atoms with Crippen LogP contribution in [0.4, 0.5) is 5.82 Å². The van der Waals surface area contributed by atoms with Crippen LogP contribution in [0.25, 0.3) is 11.0 Å². The van der Waals surface area contributed by atoms with Crippen molar-refractivity contribution in [3.63, 3.8) is 0 Å². The van der Waals surface area contributed by atoms with Gasteiger partial charge in [0.2, 0.25) is 0 Å². The van der Waals surface area contributed by atoms with Crippen LogP contribution in [-0.2, 0) is 4.74 Å². The Morgan fingerprint density at radius 1 is 1.21 bits per heavy atom. The van der Waals surface area contributed by atoms with E-state index in [1.807, 2.05) is 30.5 Å². The van der Waals surface area contributed by atoms with Crippen LogP contribution in [0.2, 0.25) is 0 Å². The summed E-state index contributed by atoms with van der Waals surface area (Å²) in [6.45, 7) is 3.97. The molecule has 4 nitrogen and oxygen atoms in total. The van der Waals surface area contributed by atoms with E-state index < -0.39 is 0 Å². The Morgan fingerprint density at radius 2 is 1.95 bits per heavy atom. The summed E-state index contributed by atoms with van der Waals surface area (Å²) in [5.41, 5.74) is 1.87. The average Bonchev–Trinajstić information content (AvgIpc) is 2.48. The maximum absolute atomic E-state index is 5.40. The van der Waals surface area contributed by atoms with Crippen molar-refractivity contribution in [2.45, 2.75) is 25.8 Å². The van der Waals surface area contributed by atoms with Gasteiger partial charge in [-0.15, -0.1) is 0 Å². The molecule has 1 saturated heterocycles. The van der Waals surface area contributed by atoms with Gasteiger partial charge in [-0.05, 0) is 37.8 Å². The first-order chi connectivity index (χ1) is 9.33. The molecule has 19 heavy (non-hydrogen) atoms. The summed E-state index contributed by atoms with van der Waals surface area (Å²) in [7, 11) is 0. The van der Waals surface area contributed by atoms with Crippen LogP contribution >= 0.6 is 0 Å². The number of para-hydroxylation sites is 2. The molecule has 0 amide bonds. The summed E-state index contributed by atoms with van der Waals surface area (Å²) in [5.74, 6) is 1.51. The van der Waals surface area contributed by atoms with Crippen molar-refractivity contribution >= 4 is 16.9 Å². The molecule has 0 bridgehead atoms. The van der Waals surface area contributed by atoms with Crippen molar-refractivity contribution < 1.29 is 4.74 Å². The molecule has 1 aromatic heterocycles. The summed E-state index contributed by atoms with van der Waals surface area (Å²) < 4.78 is 5.40. The zero-order chi connectivity index (χ0) is 13.1. The number of nitrogens with zero attached hydrogens (tertiary/aromatic N) is 2. The van der Waals surface area contributed by atoms with Gasteiger partial charge in [0.15, 0.2) is 0 Å². The molecular formula is C15H19N3O. The molecule has 1 aliphatic heterocycles. The third kappa shape index (κ3) is 2.84. The van der Waals surface area contributed by atoms with E-state index in [4.69, 9.17) is 4.74 Å². The zero-order valence-corrected chi connectivity index (χ0v) is 11.2. The molecule has 1 fully saturated rings. The van der Waals surface area contributed by atoms with Crippen molar-refractivity contribution in [2.75, 3.05) is 18.5 Å². The lowest BCUT2D eigenvalue weighted by Crippen LogP contribution is -2.31. The van der Waals surface area contributed by atoms with Crippen LogP contribution in [0.5, 0.6) is 0 Å². The number of fused-ring (bicyclic) bond motifs is 1. The van der Waals surface area contributed by atoms with Crippen molar-refractivity contribution in [3.05, 3.63) is 30.5 Å². The van der Waals surface area contributed by atoms with Gasteiger partial charge < -0.3 is 10.1 Å². The topological polar surface area (TPSA) is 47.0 Å². The molecule has 3 rings (SSSR count). The highest BCUT2D eigenvalue weighted by molar-refractivity contribution is 5.75. The van der Waals surface area contributed by atoms with Gasteiger partial charge in [0.25, 0.3) is 0 Å². The van der Waals surface area contributed by atoms with Crippen molar-refractivity contribution in [1.29, 1.82) is 0 Å². The quantitative estimate of drug-likeness (QED) is 0.918. The first-order valence-corrected chi connectivity index (χ1v) is 6.89. The Balaban J connectivity index is 1.73. The van der Waals surface area contributed by atoms with Gasteiger partial charge in [0.1, 0.15) is 5.82 Å². The predicted octanol–water partition coefficient (Wildman–Crippen LogP) is 2.86. The molecule has 0 spiro atoms. The second kappa shape index (κ2) is 5.53. The van der Waals surface area contributed by atoms with Gasteiger partial charge in [-0.25, -0.2) is 4.98 Å². The number of hydrogen-bond donors (Lipinski definition) is 1. The average molecular weight is 257 g/mol. The van der Waals surface area contributed by atoms with Gasteiger partial charge in [-0.1, -0.05) is 12.1 Å². The smallest absolute Gasteiger partial charge is 0.145 e. The number of ether oxygens (including phenoxy) is 1. The normalized spacial score (nSPS) is 18.4. The largest absolute Gasteiger partial charge is 0.381 e. The van der Waals surface area contributed by atoms with E-state index in [1.165, 1.54) is 0 Å². The second-order valence-corrected chi connectivity index (χ2v) is 5.13. The van der Waals surface area contributed by atoms with Crippen LogP contribution in [0.15, 0.2) is 30.5 Å². The number of nitrogens with one attached hydrogen (secondary N) is 1. The van der Waals surface area contributed by atoms with E-state index in [-0.39, 0.29) is 0 Å². The first-order valence-electron chi connectivity index (χ1n) is 6.89. The molecule has 2 heterocycles. The molecule has 1 aliphatic rings. The molecule has 0 saturated carbocycles. The maximum atomic E-state index is 5.40. The zero-order valence-electron chi connectivity index (χ0n) is 11.2. The standard InChI is InChI=1S/C15H19N3O/c1-11(12-6-8-19-9-7-12)17-15-10-16-13-4-2-3-5-14(13)18-15/h2-5,10-12H,6-9H2,1H3,(H,17,18). The fourth-order valence-electron chi connectivity index (χ4n) is 2.59. The molecule has 2 aromatic rings. The van der Waals surface area contributed by atoms with E-state index in [9.17, 15) is 0 Å². The van der Waals surface area contributed by atoms with Gasteiger partial charge >= 0.3 is 0 Å². The second-order valence-electron chi connectivity index (χ2n) is 5.13. The maximum Gasteiger partial charge on any atom is 0.145 e. The highest BCUT2D eigenvalue weighted by Crippen LogP contribution is 2.21. The lowest BCUT2D eigenvalue weighted by Gasteiger charge is -2.28. The molecule has 1 atom stereocenters. The number of rotatable bonds is 3. The van der Waals surface area contributed by atoms with Gasteiger partial charge in [-0.3, -0.25) is 4.98 Å². The molecule has 1 aromatic carbocycles. The summed E-state index contributed by atoms with van der Waals surface area (Å²) in [5, 5.41) is 3.47. The van der Waals surface area contributed by atoms with E-state index in [0.29, 0.717) is 12.0 Å². The van der Waals surface area contributed by atoms with Crippen molar-refractivity contribution in [3.8, 4) is 0 Å². The Labute approximate surface area is 113 Å². The molecule has 4 heteroatoms. The summed E-state index contributed by atoms with van der Waals surface area (Å²) >= 11 is 0. The van der Waals surface area contributed by atoms with Crippen LogP contribution in [0, 0.1) is 5.92 Å². The number of aromatic nitrogens is 2. The fraction of sp³-hybridized carbons (Fsp3) is 0.467. The molecule has 0 radical (unpaired) electrons. The number of anilines is 1. The van der Waals surface area contributed by atoms with Crippen molar-refractivity contribution in [2.24, 2.45) is 5.92 Å². The molecule has 1 N–H and O–H groups in total. The Bertz CT molecular complexity index is 552. The third-order valence-electron chi connectivity index (χ3n) is 3.80. The highest BCUT2D eigenvalue weighted by Gasteiger charge is 2.20. The van der Waals surface area contributed by atoms with Crippen LogP contribution < -0.4 is 5.32 Å². The lowest BCUT2D eigenvalue weighted by atomic mass is 9.93. The predicted molar refractivity (Wildman–Crippen MR) is 76.2 cm³/mol. The monoisotopic (exact) mass is 257 g/mol. The Hall–Kier alpha value is -1.68. The number of hydrogen-bond acceptors (Lipinski definition) is 4. The fourth-order valence-corrected chi connectivity index (χ4v) is 2.59. The van der Waals surface area contributed by atoms with Gasteiger partial charge in [0.05, 0.1) is 17.2 Å². The molecular weight excluding hydrogens is 238 g/mol. The van der Waals surface area contributed by atoms with Crippen LogP contribution in [-0.4, -0.2) is 29.2 Å². The lowest BCUT2D eigenvalue weighted by molar-refractivity contribution is 0.0622. The molecule has 100 valence electrons. The van der Waals surface area contributed by atoms with E-state index in [2.05, 4.69) is 22.2 Å². The van der Waals surface area contributed by atoms with Crippen LogP contribution in [0.1, 0.15) is 19.8 Å². The summed E-state index contributed by atoms with van der Waals surface area (Å²) in [6, 6.07) is 8.34. The van der Waals surface area contributed by atoms with Gasteiger partial charge in [0, 0.05) is 19.3 Å². The SMILES string of the molecule is CC(Nc1cnc2ccccc2n1)C1CCOCC1. The molecule has 1 unspecified atom stereocenters. The van der Waals surface area contributed by atoms with E-state index >= 15 is 0 Å². The molecule has 0 aliphatic carbocycles. The third-order valence-corrected chi connectivity index (χ3v) is 3.80. The van der Waals surface area contributed by atoms with Crippen LogP contribution in [0.3, 0.4) is 0 Å². The summed E-state index contributed by atoms with van der Waals surface area (Å²) in [4.78, 5) is 9.03. The Morgan fingerprint density at radius 3 is 2.74 bits per heavy atom. The summed E-state index contributed by atoms with van der Waals surface area (Å²) in [6.07, 6.45) is 4.06.